The van der Waals surface area contributed by atoms with Crippen molar-refractivity contribution in [2.75, 3.05) is 39.7 Å². The van der Waals surface area contributed by atoms with Crippen LogP contribution in [-0.2, 0) is 0 Å². The Kier molecular flexibility index (Phi) is 6.41. The Morgan fingerprint density at radius 3 is 2.55 bits per heavy atom. The number of rotatable bonds is 8. The maximum absolute atomic E-state index is 12.4. The van der Waals surface area contributed by atoms with Gasteiger partial charge in [-0.2, -0.15) is 0 Å². The molecule has 1 amide bonds. The average molecular weight is 447 g/mol. The van der Waals surface area contributed by atoms with Gasteiger partial charge in [0.05, 0.1) is 26.5 Å². The summed E-state index contributed by atoms with van der Waals surface area (Å²) in [5.74, 6) is 1.68. The molecule has 0 spiro atoms. The van der Waals surface area contributed by atoms with Gasteiger partial charge in [0, 0.05) is 48.9 Å². The van der Waals surface area contributed by atoms with Gasteiger partial charge in [0.2, 0.25) is 5.95 Å². The second-order valence-electron chi connectivity index (χ2n) is 7.34. The van der Waals surface area contributed by atoms with Crippen LogP contribution in [0.4, 0.5) is 11.6 Å². The molecule has 4 aromatic rings. The number of nitrogens with one attached hydrogen (secondary N) is 1. The molecular weight excluding hydrogens is 422 g/mol. The summed E-state index contributed by atoms with van der Waals surface area (Å²) < 4.78 is 12.6. The number of fused-ring (bicyclic) bond motifs is 1. The zero-order valence-electron chi connectivity index (χ0n) is 18.6. The summed E-state index contributed by atoms with van der Waals surface area (Å²) in [6.45, 7) is 0.204. The second kappa shape index (κ2) is 9.58. The number of imidazole rings is 1. The first-order valence-electron chi connectivity index (χ1n) is 10.3. The van der Waals surface area contributed by atoms with Crippen LogP contribution < -0.4 is 14.8 Å². The molecule has 0 aliphatic heterocycles. The smallest absolute Gasteiger partial charge is 0.253 e. The van der Waals surface area contributed by atoms with Crippen LogP contribution in [0, 0.1) is 0 Å². The molecule has 9 nitrogen and oxygen atoms in total. The van der Waals surface area contributed by atoms with Gasteiger partial charge >= 0.3 is 0 Å². The zero-order chi connectivity index (χ0) is 23.4. The Morgan fingerprint density at radius 2 is 1.85 bits per heavy atom. The lowest BCUT2D eigenvalue weighted by molar-refractivity contribution is 0.0767. The van der Waals surface area contributed by atoms with Gasteiger partial charge in [-0.1, -0.05) is 0 Å². The maximum Gasteiger partial charge on any atom is 0.253 e. The quantitative estimate of drug-likeness (QED) is 0.428. The van der Waals surface area contributed by atoms with Crippen molar-refractivity contribution in [2.24, 2.45) is 0 Å². The molecular formula is C24H25N5O4. The van der Waals surface area contributed by atoms with Gasteiger partial charge < -0.3 is 24.8 Å². The van der Waals surface area contributed by atoms with E-state index in [-0.39, 0.29) is 19.1 Å². The van der Waals surface area contributed by atoms with Gasteiger partial charge in [0.1, 0.15) is 5.65 Å². The normalized spacial score (nSPS) is 10.8. The number of ether oxygens (including phenoxy) is 2. The molecule has 170 valence electrons. The van der Waals surface area contributed by atoms with Crippen molar-refractivity contribution in [3.05, 3.63) is 66.5 Å². The van der Waals surface area contributed by atoms with E-state index in [4.69, 9.17) is 19.6 Å². The summed E-state index contributed by atoms with van der Waals surface area (Å²) in [6, 6.07) is 14.6. The van der Waals surface area contributed by atoms with Crippen molar-refractivity contribution in [3.63, 3.8) is 0 Å². The summed E-state index contributed by atoms with van der Waals surface area (Å²) in [5, 5.41) is 12.3. The van der Waals surface area contributed by atoms with Gasteiger partial charge in [0.25, 0.3) is 5.91 Å². The number of methoxy groups -OCH3 is 2. The molecule has 0 unspecified atom stereocenters. The Bertz CT molecular complexity index is 1270. The van der Waals surface area contributed by atoms with Gasteiger partial charge in [-0.15, -0.1) is 0 Å². The number of carbonyl (C=O) groups is 1. The van der Waals surface area contributed by atoms with Crippen molar-refractivity contribution in [3.8, 4) is 22.8 Å². The monoisotopic (exact) mass is 447 g/mol. The number of aliphatic hydroxyl groups excluding tert-OH is 1. The Hall–Kier alpha value is -4.11. The molecule has 0 aliphatic carbocycles. The molecule has 0 radical (unpaired) electrons. The summed E-state index contributed by atoms with van der Waals surface area (Å²) in [6.07, 6.45) is 3.53. The lowest BCUT2D eigenvalue weighted by Crippen LogP contribution is -2.29. The van der Waals surface area contributed by atoms with Crippen molar-refractivity contribution >= 4 is 23.2 Å². The summed E-state index contributed by atoms with van der Waals surface area (Å²) in [5.41, 5.74) is 3.61. The van der Waals surface area contributed by atoms with E-state index in [1.54, 1.807) is 39.6 Å². The van der Waals surface area contributed by atoms with E-state index in [9.17, 15) is 4.79 Å². The highest BCUT2D eigenvalue weighted by atomic mass is 16.5. The Balaban J connectivity index is 1.65. The fourth-order valence-electron chi connectivity index (χ4n) is 3.45. The molecule has 2 aromatic carbocycles. The number of aliphatic hydroxyl groups is 1. The fraction of sp³-hybridized carbons (Fsp3) is 0.208. The van der Waals surface area contributed by atoms with Crippen LogP contribution in [0.25, 0.3) is 16.9 Å². The topological polar surface area (TPSA) is 101 Å². The Labute approximate surface area is 191 Å². The lowest BCUT2D eigenvalue weighted by atomic mass is 10.1. The third-order valence-electron chi connectivity index (χ3n) is 5.24. The van der Waals surface area contributed by atoms with E-state index in [1.807, 2.05) is 47.0 Å². The van der Waals surface area contributed by atoms with E-state index in [2.05, 4.69) is 10.3 Å². The predicted molar refractivity (Wildman–Crippen MR) is 125 cm³/mol. The summed E-state index contributed by atoms with van der Waals surface area (Å²) in [4.78, 5) is 23.1. The molecule has 0 bridgehead atoms. The second-order valence-corrected chi connectivity index (χ2v) is 7.34. The zero-order valence-corrected chi connectivity index (χ0v) is 18.6. The van der Waals surface area contributed by atoms with E-state index in [0.29, 0.717) is 23.0 Å². The van der Waals surface area contributed by atoms with E-state index in [1.165, 1.54) is 4.90 Å². The molecule has 0 saturated heterocycles. The van der Waals surface area contributed by atoms with Crippen LogP contribution in [0.2, 0.25) is 0 Å². The molecule has 2 N–H and O–H groups in total. The molecule has 0 saturated carbocycles. The molecule has 4 rings (SSSR count). The van der Waals surface area contributed by atoms with Crippen LogP contribution in [0.5, 0.6) is 11.5 Å². The largest absolute Gasteiger partial charge is 0.493 e. The first-order chi connectivity index (χ1) is 16.0. The number of hydrogen-bond donors (Lipinski definition) is 2. The lowest BCUT2D eigenvalue weighted by Gasteiger charge is -2.16. The van der Waals surface area contributed by atoms with Crippen molar-refractivity contribution in [1.82, 2.24) is 19.3 Å². The minimum Gasteiger partial charge on any atom is -0.493 e. The van der Waals surface area contributed by atoms with Crippen LogP contribution in [0.3, 0.4) is 0 Å². The highest BCUT2D eigenvalue weighted by molar-refractivity contribution is 5.94. The molecule has 33 heavy (non-hydrogen) atoms. The number of hydrogen-bond acceptors (Lipinski definition) is 7. The first kappa shape index (κ1) is 22.1. The minimum atomic E-state index is -0.152. The molecule has 0 fully saturated rings. The number of aromatic nitrogens is 3. The van der Waals surface area contributed by atoms with Crippen LogP contribution in [0.15, 0.2) is 60.9 Å². The number of likely N-dealkylation sites (N-methyl/N-ethyl adjacent to an activating group) is 1. The SMILES string of the molecule is COc1ccc(-c2cc3nccn3c(Nc3ccc(C(=O)N(C)CCO)cc3)n2)cc1OC. The number of nitrogens with zero attached hydrogens (tertiary/aromatic N) is 4. The predicted octanol–water partition coefficient (Wildman–Crippen LogP) is 3.22. The minimum absolute atomic E-state index is 0.0785. The fourth-order valence-corrected chi connectivity index (χ4v) is 3.45. The molecule has 9 heteroatoms. The standard InChI is InChI=1S/C24H25N5O4/c1-28(12-13-30)23(31)16-4-7-18(8-5-16)26-24-27-19(15-22-25-10-11-29(22)24)17-6-9-20(32-2)21(14-17)33-3/h4-11,14-15,30H,12-13H2,1-3H3,(H,26,27). The molecule has 0 aliphatic rings. The average Bonchev–Trinajstić information content (AvgIpc) is 3.33. The highest BCUT2D eigenvalue weighted by Crippen LogP contribution is 2.32. The van der Waals surface area contributed by atoms with Crippen LogP contribution in [0.1, 0.15) is 10.4 Å². The van der Waals surface area contributed by atoms with Crippen molar-refractivity contribution in [2.45, 2.75) is 0 Å². The highest BCUT2D eigenvalue weighted by Gasteiger charge is 2.13. The van der Waals surface area contributed by atoms with Gasteiger partial charge in [-0.3, -0.25) is 9.20 Å². The maximum atomic E-state index is 12.4. The first-order valence-corrected chi connectivity index (χ1v) is 10.3. The Morgan fingerprint density at radius 1 is 1.09 bits per heavy atom. The number of anilines is 2. The van der Waals surface area contributed by atoms with Crippen LogP contribution in [-0.4, -0.2) is 64.7 Å². The van der Waals surface area contributed by atoms with Crippen molar-refractivity contribution in [1.29, 1.82) is 0 Å². The van der Waals surface area contributed by atoms with E-state index >= 15 is 0 Å². The van der Waals surface area contributed by atoms with E-state index < -0.39 is 0 Å². The van der Waals surface area contributed by atoms with Crippen LogP contribution >= 0.6 is 0 Å². The molecule has 2 heterocycles. The number of benzene rings is 2. The molecule has 0 atom stereocenters. The third-order valence-corrected chi connectivity index (χ3v) is 5.24. The molecule has 2 aromatic heterocycles. The van der Waals surface area contributed by atoms with Gasteiger partial charge in [-0.25, -0.2) is 9.97 Å². The number of carbonyl (C=O) groups excluding carboxylic acids is 1. The van der Waals surface area contributed by atoms with Gasteiger partial charge in [-0.05, 0) is 42.5 Å². The third kappa shape index (κ3) is 4.58. The van der Waals surface area contributed by atoms with E-state index in [0.717, 1.165) is 22.6 Å². The van der Waals surface area contributed by atoms with Crippen molar-refractivity contribution < 1.29 is 19.4 Å². The van der Waals surface area contributed by atoms with Gasteiger partial charge in [0.15, 0.2) is 11.5 Å². The number of amides is 1. The summed E-state index contributed by atoms with van der Waals surface area (Å²) >= 11 is 0. The summed E-state index contributed by atoms with van der Waals surface area (Å²) in [7, 11) is 4.85.